The molecule has 0 fully saturated rings. The molecule has 0 saturated carbocycles. The minimum absolute atomic E-state index is 0.0721. The van der Waals surface area contributed by atoms with Crippen molar-refractivity contribution in [3.8, 4) is 0 Å². The van der Waals surface area contributed by atoms with E-state index in [4.69, 9.17) is 11.6 Å². The molecule has 23 heavy (non-hydrogen) atoms. The summed E-state index contributed by atoms with van der Waals surface area (Å²) in [5.74, 6) is -0.986. The Bertz CT molecular complexity index is 903. The van der Waals surface area contributed by atoms with Crippen LogP contribution in [0.3, 0.4) is 0 Å². The highest BCUT2D eigenvalue weighted by Gasteiger charge is 2.26. The van der Waals surface area contributed by atoms with Crippen molar-refractivity contribution < 1.29 is 9.90 Å². The van der Waals surface area contributed by atoms with Crippen molar-refractivity contribution in [1.29, 1.82) is 0 Å². The van der Waals surface area contributed by atoms with Gasteiger partial charge in [-0.15, -0.1) is 0 Å². The molecule has 0 aliphatic carbocycles. The van der Waals surface area contributed by atoms with Crippen molar-refractivity contribution in [3.63, 3.8) is 0 Å². The van der Waals surface area contributed by atoms with E-state index in [2.05, 4.69) is 9.97 Å². The molecular formula is C17H16ClN3O2. The third-order valence-corrected chi connectivity index (χ3v) is 4.30. The number of benzene rings is 1. The highest BCUT2D eigenvalue weighted by Crippen LogP contribution is 2.32. The molecule has 0 aliphatic heterocycles. The van der Waals surface area contributed by atoms with Gasteiger partial charge >= 0.3 is 5.97 Å². The summed E-state index contributed by atoms with van der Waals surface area (Å²) in [4.78, 5) is 20.2. The van der Waals surface area contributed by atoms with Crippen LogP contribution in [-0.4, -0.2) is 25.6 Å². The van der Waals surface area contributed by atoms with Crippen LogP contribution in [0.25, 0.3) is 11.0 Å². The van der Waals surface area contributed by atoms with Crippen LogP contribution in [0.4, 0.5) is 0 Å². The number of rotatable bonds is 3. The molecule has 2 aromatic heterocycles. The lowest BCUT2D eigenvalue weighted by Gasteiger charge is -2.17. The second-order valence-electron chi connectivity index (χ2n) is 5.50. The molecule has 1 atom stereocenters. The lowest BCUT2D eigenvalue weighted by Crippen LogP contribution is -2.10. The Morgan fingerprint density at radius 3 is 2.48 bits per heavy atom. The fourth-order valence-corrected chi connectivity index (χ4v) is 3.27. The summed E-state index contributed by atoms with van der Waals surface area (Å²) in [5, 5.41) is 10.3. The average molecular weight is 330 g/mol. The van der Waals surface area contributed by atoms with Crippen molar-refractivity contribution in [3.05, 3.63) is 58.1 Å². The SMILES string of the molecule is Cc1nc(Cl)nc2c1c(C(=O)O)c(C)n2C(C)c1ccccc1. The second-order valence-corrected chi connectivity index (χ2v) is 5.84. The van der Waals surface area contributed by atoms with Gasteiger partial charge in [-0.05, 0) is 37.9 Å². The lowest BCUT2D eigenvalue weighted by molar-refractivity contribution is 0.0698. The molecule has 0 aliphatic rings. The molecule has 2 heterocycles. The number of nitrogens with zero attached hydrogens (tertiary/aromatic N) is 3. The van der Waals surface area contributed by atoms with Crippen LogP contribution in [0.15, 0.2) is 30.3 Å². The van der Waals surface area contributed by atoms with E-state index in [0.717, 1.165) is 5.56 Å². The first-order valence-corrected chi connectivity index (χ1v) is 7.62. The Balaban J connectivity index is 2.37. The maximum absolute atomic E-state index is 11.7. The number of aromatic nitrogens is 3. The molecule has 1 N–H and O–H groups in total. The Morgan fingerprint density at radius 1 is 1.22 bits per heavy atom. The van der Waals surface area contributed by atoms with Gasteiger partial charge in [-0.25, -0.2) is 9.78 Å². The molecule has 1 aromatic carbocycles. The molecule has 0 spiro atoms. The van der Waals surface area contributed by atoms with E-state index in [-0.39, 0.29) is 16.9 Å². The van der Waals surface area contributed by atoms with Crippen molar-refractivity contribution >= 4 is 28.6 Å². The number of carbonyl (C=O) groups is 1. The first-order chi connectivity index (χ1) is 10.9. The minimum atomic E-state index is -0.986. The van der Waals surface area contributed by atoms with Crippen LogP contribution < -0.4 is 0 Å². The number of halogens is 1. The van der Waals surface area contributed by atoms with Crippen LogP contribution in [0.1, 0.15) is 40.3 Å². The third kappa shape index (κ3) is 2.47. The number of fused-ring (bicyclic) bond motifs is 1. The Labute approximate surface area is 138 Å². The summed E-state index contributed by atoms with van der Waals surface area (Å²) in [5.41, 5.74) is 3.06. The second kappa shape index (κ2) is 5.66. The summed E-state index contributed by atoms with van der Waals surface area (Å²) in [7, 11) is 0. The molecule has 3 aromatic rings. The zero-order valence-corrected chi connectivity index (χ0v) is 13.8. The molecule has 1 unspecified atom stereocenters. The van der Waals surface area contributed by atoms with Gasteiger partial charge in [0.25, 0.3) is 0 Å². The maximum Gasteiger partial charge on any atom is 0.338 e. The molecule has 0 saturated heterocycles. The van der Waals surface area contributed by atoms with Crippen LogP contribution in [-0.2, 0) is 0 Å². The van der Waals surface area contributed by atoms with Gasteiger partial charge in [0.05, 0.1) is 22.7 Å². The highest BCUT2D eigenvalue weighted by atomic mass is 35.5. The number of carboxylic acids is 1. The predicted molar refractivity (Wildman–Crippen MR) is 89.2 cm³/mol. The van der Waals surface area contributed by atoms with Crippen molar-refractivity contribution in [2.75, 3.05) is 0 Å². The molecule has 118 valence electrons. The fourth-order valence-electron chi connectivity index (χ4n) is 3.07. The largest absolute Gasteiger partial charge is 0.478 e. The normalized spacial score (nSPS) is 12.5. The minimum Gasteiger partial charge on any atom is -0.478 e. The number of aryl methyl sites for hydroxylation is 1. The molecule has 0 bridgehead atoms. The lowest BCUT2D eigenvalue weighted by atomic mass is 10.1. The zero-order valence-electron chi connectivity index (χ0n) is 13.0. The molecule has 0 radical (unpaired) electrons. The van der Waals surface area contributed by atoms with Gasteiger partial charge in [0.1, 0.15) is 5.65 Å². The van der Waals surface area contributed by atoms with E-state index in [1.54, 1.807) is 13.8 Å². The van der Waals surface area contributed by atoms with Crippen molar-refractivity contribution in [1.82, 2.24) is 14.5 Å². The summed E-state index contributed by atoms with van der Waals surface area (Å²) in [6, 6.07) is 9.80. The number of aromatic carboxylic acids is 1. The number of hydrogen-bond donors (Lipinski definition) is 1. The zero-order chi connectivity index (χ0) is 16.7. The number of carboxylic acid groups (broad SMARTS) is 1. The molecule has 0 amide bonds. The summed E-state index contributed by atoms with van der Waals surface area (Å²) in [6.07, 6.45) is 0. The van der Waals surface area contributed by atoms with Crippen molar-refractivity contribution in [2.24, 2.45) is 0 Å². The summed E-state index contributed by atoms with van der Waals surface area (Å²) < 4.78 is 1.91. The summed E-state index contributed by atoms with van der Waals surface area (Å²) >= 11 is 6.00. The van der Waals surface area contributed by atoms with E-state index in [1.807, 2.05) is 41.8 Å². The van der Waals surface area contributed by atoms with E-state index in [0.29, 0.717) is 22.4 Å². The molecular weight excluding hydrogens is 314 g/mol. The average Bonchev–Trinajstić information content (AvgIpc) is 2.80. The quantitative estimate of drug-likeness (QED) is 0.737. The van der Waals surface area contributed by atoms with Crippen LogP contribution in [0, 0.1) is 13.8 Å². The third-order valence-electron chi connectivity index (χ3n) is 4.13. The van der Waals surface area contributed by atoms with E-state index < -0.39 is 5.97 Å². The number of hydrogen-bond acceptors (Lipinski definition) is 3. The van der Waals surface area contributed by atoms with Gasteiger partial charge < -0.3 is 9.67 Å². The first kappa shape index (κ1) is 15.5. The van der Waals surface area contributed by atoms with E-state index >= 15 is 0 Å². The smallest absolute Gasteiger partial charge is 0.338 e. The fraction of sp³-hybridized carbons (Fsp3) is 0.235. The predicted octanol–water partition coefficient (Wildman–Crippen LogP) is 4.01. The van der Waals surface area contributed by atoms with E-state index in [1.165, 1.54) is 0 Å². The summed E-state index contributed by atoms with van der Waals surface area (Å²) in [6.45, 7) is 5.55. The van der Waals surface area contributed by atoms with Gasteiger partial charge in [-0.1, -0.05) is 30.3 Å². The first-order valence-electron chi connectivity index (χ1n) is 7.24. The highest BCUT2D eigenvalue weighted by molar-refractivity contribution is 6.28. The van der Waals surface area contributed by atoms with E-state index in [9.17, 15) is 9.90 Å². The van der Waals surface area contributed by atoms with Gasteiger partial charge in [0.15, 0.2) is 0 Å². The molecule has 5 nitrogen and oxygen atoms in total. The van der Waals surface area contributed by atoms with Gasteiger partial charge in [-0.2, -0.15) is 4.98 Å². The monoisotopic (exact) mass is 329 g/mol. The molecule has 3 rings (SSSR count). The van der Waals surface area contributed by atoms with Crippen LogP contribution >= 0.6 is 11.6 Å². The Morgan fingerprint density at radius 2 is 1.87 bits per heavy atom. The Hall–Kier alpha value is -2.40. The van der Waals surface area contributed by atoms with Crippen molar-refractivity contribution in [2.45, 2.75) is 26.8 Å². The van der Waals surface area contributed by atoms with Crippen LogP contribution in [0.5, 0.6) is 0 Å². The molecule has 6 heteroatoms. The van der Waals surface area contributed by atoms with Gasteiger partial charge in [-0.3, -0.25) is 0 Å². The standard InChI is InChI=1S/C17H16ClN3O2/c1-9-13-14(16(22)23)11(3)21(15(13)20-17(18)19-9)10(2)12-7-5-4-6-8-12/h4-8,10H,1-3H3,(H,22,23). The van der Waals surface area contributed by atoms with Gasteiger partial charge in [0, 0.05) is 5.69 Å². The van der Waals surface area contributed by atoms with Gasteiger partial charge in [0.2, 0.25) is 5.28 Å². The van der Waals surface area contributed by atoms with Crippen LogP contribution in [0.2, 0.25) is 5.28 Å². The topological polar surface area (TPSA) is 68.0 Å². The Kier molecular flexibility index (Phi) is 3.82. The maximum atomic E-state index is 11.7.